The van der Waals surface area contributed by atoms with Crippen molar-refractivity contribution in [3.8, 4) is 0 Å². The molecule has 2 rings (SSSR count). The molecule has 88 valence electrons. The molecule has 2 aromatic rings. The van der Waals surface area contributed by atoms with Crippen molar-refractivity contribution in [2.24, 2.45) is 0 Å². The van der Waals surface area contributed by atoms with E-state index in [1.165, 1.54) is 11.3 Å². The van der Waals surface area contributed by atoms with Gasteiger partial charge in [-0.15, -0.1) is 11.3 Å². The molecule has 0 radical (unpaired) electrons. The summed E-state index contributed by atoms with van der Waals surface area (Å²) < 4.78 is 0. The van der Waals surface area contributed by atoms with E-state index in [0.29, 0.717) is 16.4 Å². The molecule has 0 aromatic carbocycles. The molecule has 1 amide bonds. The van der Waals surface area contributed by atoms with Crippen LogP contribution in [0.2, 0.25) is 0 Å². The van der Waals surface area contributed by atoms with Crippen LogP contribution < -0.4 is 11.1 Å². The number of aryl methyl sites for hydroxylation is 2. The number of nitrogens with zero attached hydrogens (tertiary/aromatic N) is 1. The van der Waals surface area contributed by atoms with E-state index in [0.717, 1.165) is 10.6 Å². The molecule has 0 saturated heterocycles. The van der Waals surface area contributed by atoms with Crippen LogP contribution in [0.3, 0.4) is 0 Å². The quantitative estimate of drug-likeness (QED) is 0.857. The molecule has 0 aliphatic heterocycles. The molecule has 0 spiro atoms. The fourth-order valence-corrected chi connectivity index (χ4v) is 2.23. The molecule has 17 heavy (non-hydrogen) atoms. The summed E-state index contributed by atoms with van der Waals surface area (Å²) >= 11 is 1.38. The lowest BCUT2D eigenvalue weighted by atomic mass is 10.3. The molecule has 5 heteroatoms. The molecule has 2 aromatic heterocycles. The first-order valence-electron chi connectivity index (χ1n) is 5.17. The number of rotatable bonds is 2. The number of carbonyl (C=O) groups excluding carboxylic acids is 1. The summed E-state index contributed by atoms with van der Waals surface area (Å²) in [7, 11) is 0. The highest BCUT2D eigenvalue weighted by atomic mass is 32.1. The number of nitrogens with two attached hydrogens (primary N) is 1. The standard InChI is InChI=1S/C12H13N3OS/c1-7-4-3-5-11(14-7)15-12(16)10-6-9(13)8(2)17-10/h3-6H,13H2,1-2H3,(H,14,15,16). The second-order valence-electron chi connectivity index (χ2n) is 3.74. The molecule has 0 saturated carbocycles. The Balaban J connectivity index is 2.17. The molecule has 0 atom stereocenters. The SMILES string of the molecule is Cc1cccc(NC(=O)c2cc(N)c(C)s2)n1. The smallest absolute Gasteiger partial charge is 0.266 e. The third-order valence-corrected chi connectivity index (χ3v) is 3.37. The van der Waals surface area contributed by atoms with Crippen LogP contribution in [0.1, 0.15) is 20.2 Å². The van der Waals surface area contributed by atoms with E-state index in [1.54, 1.807) is 12.1 Å². The zero-order valence-electron chi connectivity index (χ0n) is 9.65. The van der Waals surface area contributed by atoms with Crippen molar-refractivity contribution in [1.29, 1.82) is 0 Å². The number of nitrogens with one attached hydrogen (secondary N) is 1. The lowest BCUT2D eigenvalue weighted by molar-refractivity contribution is 0.103. The van der Waals surface area contributed by atoms with Crippen molar-refractivity contribution in [2.45, 2.75) is 13.8 Å². The minimum Gasteiger partial charge on any atom is -0.398 e. The van der Waals surface area contributed by atoms with Gasteiger partial charge >= 0.3 is 0 Å². The number of carbonyl (C=O) groups is 1. The molecule has 0 aliphatic carbocycles. The minimum atomic E-state index is -0.173. The van der Waals surface area contributed by atoms with Gasteiger partial charge in [0, 0.05) is 16.3 Å². The van der Waals surface area contributed by atoms with Crippen LogP contribution >= 0.6 is 11.3 Å². The number of anilines is 2. The molecule has 3 N–H and O–H groups in total. The number of thiophene rings is 1. The Kier molecular flexibility index (Phi) is 3.10. The maximum atomic E-state index is 11.9. The normalized spacial score (nSPS) is 10.2. The average Bonchev–Trinajstić information content (AvgIpc) is 2.59. The highest BCUT2D eigenvalue weighted by molar-refractivity contribution is 7.14. The Morgan fingerprint density at radius 2 is 2.18 bits per heavy atom. The van der Waals surface area contributed by atoms with Crippen LogP contribution in [0.4, 0.5) is 11.5 Å². The summed E-state index contributed by atoms with van der Waals surface area (Å²) in [5.74, 6) is 0.382. The third kappa shape index (κ3) is 2.62. The fraction of sp³-hybridized carbons (Fsp3) is 0.167. The first-order chi connectivity index (χ1) is 8.06. The minimum absolute atomic E-state index is 0.173. The van der Waals surface area contributed by atoms with Gasteiger partial charge < -0.3 is 11.1 Å². The van der Waals surface area contributed by atoms with Gasteiger partial charge in [0.2, 0.25) is 0 Å². The Morgan fingerprint density at radius 1 is 1.41 bits per heavy atom. The highest BCUT2D eigenvalue weighted by Gasteiger charge is 2.11. The van der Waals surface area contributed by atoms with E-state index in [4.69, 9.17) is 5.73 Å². The van der Waals surface area contributed by atoms with Gasteiger partial charge in [-0.2, -0.15) is 0 Å². The summed E-state index contributed by atoms with van der Waals surface area (Å²) in [5.41, 5.74) is 7.23. The van der Waals surface area contributed by atoms with Crippen molar-refractivity contribution in [3.63, 3.8) is 0 Å². The van der Waals surface area contributed by atoms with Gasteiger partial charge in [0.25, 0.3) is 5.91 Å². The van der Waals surface area contributed by atoms with E-state index < -0.39 is 0 Å². The van der Waals surface area contributed by atoms with Gasteiger partial charge in [0.05, 0.1) is 4.88 Å². The first-order valence-corrected chi connectivity index (χ1v) is 5.99. The second-order valence-corrected chi connectivity index (χ2v) is 5.00. The topological polar surface area (TPSA) is 68.0 Å². The predicted molar refractivity (Wildman–Crippen MR) is 70.4 cm³/mol. The van der Waals surface area contributed by atoms with Crippen LogP contribution in [0.15, 0.2) is 24.3 Å². The Hall–Kier alpha value is -1.88. The number of pyridine rings is 1. The number of amides is 1. The summed E-state index contributed by atoms with van der Waals surface area (Å²) in [6, 6.07) is 7.18. The Morgan fingerprint density at radius 3 is 2.76 bits per heavy atom. The monoisotopic (exact) mass is 247 g/mol. The van der Waals surface area contributed by atoms with Crippen molar-refractivity contribution < 1.29 is 4.79 Å². The van der Waals surface area contributed by atoms with Gasteiger partial charge in [0.1, 0.15) is 5.82 Å². The number of aromatic nitrogens is 1. The van der Waals surface area contributed by atoms with E-state index in [-0.39, 0.29) is 5.91 Å². The maximum absolute atomic E-state index is 11.9. The van der Waals surface area contributed by atoms with Crippen LogP contribution in [0.5, 0.6) is 0 Å². The number of hydrogen-bond donors (Lipinski definition) is 2. The zero-order valence-corrected chi connectivity index (χ0v) is 10.5. The van der Waals surface area contributed by atoms with E-state index >= 15 is 0 Å². The summed E-state index contributed by atoms with van der Waals surface area (Å²) in [6.07, 6.45) is 0. The zero-order chi connectivity index (χ0) is 12.4. The van der Waals surface area contributed by atoms with Crippen LogP contribution in [-0.2, 0) is 0 Å². The molecular formula is C12H13N3OS. The average molecular weight is 247 g/mol. The molecule has 2 heterocycles. The Bertz CT molecular complexity index is 543. The molecular weight excluding hydrogens is 234 g/mol. The van der Waals surface area contributed by atoms with Gasteiger partial charge in [-0.25, -0.2) is 4.98 Å². The molecule has 0 bridgehead atoms. The molecule has 0 aliphatic rings. The van der Waals surface area contributed by atoms with Crippen molar-refractivity contribution >= 4 is 28.7 Å². The van der Waals surface area contributed by atoms with E-state index in [2.05, 4.69) is 10.3 Å². The fourth-order valence-electron chi connectivity index (χ4n) is 1.40. The van der Waals surface area contributed by atoms with Crippen molar-refractivity contribution in [1.82, 2.24) is 4.98 Å². The van der Waals surface area contributed by atoms with Crippen molar-refractivity contribution in [2.75, 3.05) is 11.1 Å². The van der Waals surface area contributed by atoms with Gasteiger partial charge in [-0.3, -0.25) is 4.79 Å². The van der Waals surface area contributed by atoms with Gasteiger partial charge in [0.15, 0.2) is 0 Å². The van der Waals surface area contributed by atoms with E-state index in [9.17, 15) is 4.79 Å². The third-order valence-electron chi connectivity index (χ3n) is 2.31. The van der Waals surface area contributed by atoms with Gasteiger partial charge in [-0.05, 0) is 32.0 Å². The summed E-state index contributed by atoms with van der Waals surface area (Å²) in [4.78, 5) is 17.7. The maximum Gasteiger partial charge on any atom is 0.266 e. The van der Waals surface area contributed by atoms with Crippen LogP contribution in [0.25, 0.3) is 0 Å². The first kappa shape index (κ1) is 11.6. The number of nitrogen functional groups attached to an aromatic ring is 1. The largest absolute Gasteiger partial charge is 0.398 e. The number of hydrogen-bond acceptors (Lipinski definition) is 4. The van der Waals surface area contributed by atoms with Gasteiger partial charge in [-0.1, -0.05) is 6.07 Å². The molecule has 4 nitrogen and oxygen atoms in total. The van der Waals surface area contributed by atoms with Crippen LogP contribution in [0, 0.1) is 13.8 Å². The highest BCUT2D eigenvalue weighted by Crippen LogP contribution is 2.23. The summed E-state index contributed by atoms with van der Waals surface area (Å²) in [6.45, 7) is 3.77. The lowest BCUT2D eigenvalue weighted by Crippen LogP contribution is -2.11. The second kappa shape index (κ2) is 4.55. The lowest BCUT2D eigenvalue weighted by Gasteiger charge is -2.02. The van der Waals surface area contributed by atoms with Crippen LogP contribution in [-0.4, -0.2) is 10.9 Å². The van der Waals surface area contributed by atoms with Crippen molar-refractivity contribution in [3.05, 3.63) is 39.7 Å². The predicted octanol–water partition coefficient (Wildman–Crippen LogP) is 2.59. The molecule has 0 unspecified atom stereocenters. The van der Waals surface area contributed by atoms with E-state index in [1.807, 2.05) is 26.0 Å². The summed E-state index contributed by atoms with van der Waals surface area (Å²) in [5, 5.41) is 2.74. The molecule has 0 fully saturated rings. The Labute approximate surface area is 103 Å².